The molecule has 0 bridgehead atoms. The fourth-order valence-electron chi connectivity index (χ4n) is 1.99. The van der Waals surface area contributed by atoms with Gasteiger partial charge in [-0.1, -0.05) is 43.1 Å². The zero-order valence-corrected chi connectivity index (χ0v) is 12.9. The monoisotopic (exact) mass is 303 g/mol. The molecule has 1 rings (SSSR count). The van der Waals surface area contributed by atoms with Crippen molar-refractivity contribution in [1.82, 2.24) is 4.90 Å². The Kier molecular flexibility index (Phi) is 6.11. The van der Waals surface area contributed by atoms with Crippen LogP contribution in [0.5, 0.6) is 0 Å². The summed E-state index contributed by atoms with van der Waals surface area (Å²) in [6.07, 6.45) is 0. The first-order valence-electron chi connectivity index (χ1n) is 6.22. The number of hydrogen-bond donors (Lipinski definition) is 1. The Balaban J connectivity index is 2.93. The third-order valence-electron chi connectivity index (χ3n) is 2.91. The van der Waals surface area contributed by atoms with Crippen molar-refractivity contribution < 1.29 is 9.90 Å². The molecule has 19 heavy (non-hydrogen) atoms. The molecule has 0 aliphatic rings. The van der Waals surface area contributed by atoms with E-state index in [0.29, 0.717) is 22.5 Å². The molecule has 5 heteroatoms. The maximum Gasteiger partial charge on any atom is 0.317 e. The van der Waals surface area contributed by atoms with E-state index < -0.39 is 5.97 Å². The molecule has 0 spiro atoms. The molecular formula is C14H19Cl2NO2. The number of halogens is 2. The molecule has 0 aromatic heterocycles. The highest BCUT2D eigenvalue weighted by atomic mass is 35.5. The SMILES string of the molecule is CC(C)CN(CC(=O)O)C(C)c1ccc(Cl)c(Cl)c1. The van der Waals surface area contributed by atoms with E-state index in [4.69, 9.17) is 28.3 Å². The quantitative estimate of drug-likeness (QED) is 0.860. The first kappa shape index (κ1) is 16.3. The van der Waals surface area contributed by atoms with Crippen molar-refractivity contribution in [2.24, 2.45) is 5.92 Å². The molecule has 1 atom stereocenters. The van der Waals surface area contributed by atoms with E-state index in [2.05, 4.69) is 13.8 Å². The van der Waals surface area contributed by atoms with Crippen LogP contribution in [-0.4, -0.2) is 29.1 Å². The predicted octanol–water partition coefficient (Wildman–Crippen LogP) is 4.10. The van der Waals surface area contributed by atoms with Crippen LogP contribution >= 0.6 is 23.2 Å². The van der Waals surface area contributed by atoms with Gasteiger partial charge in [-0.15, -0.1) is 0 Å². The van der Waals surface area contributed by atoms with Gasteiger partial charge in [-0.05, 0) is 30.5 Å². The van der Waals surface area contributed by atoms with Crippen LogP contribution in [0.1, 0.15) is 32.4 Å². The molecule has 0 aliphatic carbocycles. The molecule has 0 amide bonds. The van der Waals surface area contributed by atoms with Crippen molar-refractivity contribution in [2.75, 3.05) is 13.1 Å². The lowest BCUT2D eigenvalue weighted by Gasteiger charge is -2.29. The number of carboxylic acids is 1. The van der Waals surface area contributed by atoms with E-state index >= 15 is 0 Å². The Morgan fingerprint density at radius 3 is 2.37 bits per heavy atom. The number of aliphatic carboxylic acids is 1. The summed E-state index contributed by atoms with van der Waals surface area (Å²) >= 11 is 11.9. The van der Waals surface area contributed by atoms with Crippen LogP contribution in [0.4, 0.5) is 0 Å². The molecule has 0 saturated heterocycles. The molecule has 1 aromatic carbocycles. The number of rotatable bonds is 6. The summed E-state index contributed by atoms with van der Waals surface area (Å²) in [5.41, 5.74) is 0.969. The molecule has 1 N–H and O–H groups in total. The highest BCUT2D eigenvalue weighted by molar-refractivity contribution is 6.42. The molecule has 0 heterocycles. The Hall–Kier alpha value is -0.770. The summed E-state index contributed by atoms with van der Waals surface area (Å²) in [4.78, 5) is 12.9. The number of hydrogen-bond acceptors (Lipinski definition) is 2. The second kappa shape index (κ2) is 7.13. The van der Waals surface area contributed by atoms with Gasteiger partial charge >= 0.3 is 5.97 Å². The van der Waals surface area contributed by atoms with Crippen LogP contribution in [0.15, 0.2) is 18.2 Å². The van der Waals surface area contributed by atoms with E-state index in [0.717, 1.165) is 5.56 Å². The Morgan fingerprint density at radius 1 is 1.26 bits per heavy atom. The van der Waals surface area contributed by atoms with E-state index in [1.54, 1.807) is 12.1 Å². The third kappa shape index (κ3) is 5.01. The van der Waals surface area contributed by atoms with Crippen molar-refractivity contribution in [3.05, 3.63) is 33.8 Å². The van der Waals surface area contributed by atoms with Crippen LogP contribution in [0, 0.1) is 5.92 Å². The maximum absolute atomic E-state index is 11.0. The summed E-state index contributed by atoms with van der Waals surface area (Å²) in [7, 11) is 0. The molecule has 0 aliphatic heterocycles. The van der Waals surface area contributed by atoms with Gasteiger partial charge in [0.15, 0.2) is 0 Å². The molecule has 3 nitrogen and oxygen atoms in total. The third-order valence-corrected chi connectivity index (χ3v) is 3.65. The number of benzene rings is 1. The summed E-state index contributed by atoms with van der Waals surface area (Å²) in [6, 6.07) is 5.40. The van der Waals surface area contributed by atoms with E-state index in [1.807, 2.05) is 17.9 Å². The number of carboxylic acid groups (broad SMARTS) is 1. The summed E-state index contributed by atoms with van der Waals surface area (Å²) in [5, 5.41) is 10.00. The molecule has 0 fully saturated rings. The lowest BCUT2D eigenvalue weighted by molar-refractivity contribution is -0.139. The lowest BCUT2D eigenvalue weighted by Crippen LogP contribution is -2.35. The normalized spacial score (nSPS) is 13.0. The maximum atomic E-state index is 11.0. The van der Waals surface area contributed by atoms with Gasteiger partial charge in [0.2, 0.25) is 0 Å². The smallest absolute Gasteiger partial charge is 0.317 e. The molecular weight excluding hydrogens is 285 g/mol. The van der Waals surface area contributed by atoms with Crippen molar-refractivity contribution >= 4 is 29.2 Å². The van der Waals surface area contributed by atoms with Crippen molar-refractivity contribution in [2.45, 2.75) is 26.8 Å². The number of nitrogens with zero attached hydrogens (tertiary/aromatic N) is 1. The fourth-order valence-corrected chi connectivity index (χ4v) is 2.29. The van der Waals surface area contributed by atoms with Gasteiger partial charge < -0.3 is 5.11 Å². The number of carbonyl (C=O) groups is 1. The lowest BCUT2D eigenvalue weighted by atomic mass is 10.1. The highest BCUT2D eigenvalue weighted by Gasteiger charge is 2.20. The van der Waals surface area contributed by atoms with Gasteiger partial charge in [-0.25, -0.2) is 0 Å². The van der Waals surface area contributed by atoms with Crippen molar-refractivity contribution in [3.8, 4) is 0 Å². The van der Waals surface area contributed by atoms with Crippen LogP contribution < -0.4 is 0 Å². The first-order chi connectivity index (χ1) is 8.81. The zero-order valence-electron chi connectivity index (χ0n) is 11.4. The van der Waals surface area contributed by atoms with Gasteiger partial charge in [0, 0.05) is 12.6 Å². The molecule has 0 radical (unpaired) electrons. The van der Waals surface area contributed by atoms with Crippen LogP contribution in [0.25, 0.3) is 0 Å². The van der Waals surface area contributed by atoms with Gasteiger partial charge in [-0.3, -0.25) is 9.69 Å². The van der Waals surface area contributed by atoms with E-state index in [-0.39, 0.29) is 12.6 Å². The Morgan fingerprint density at radius 2 is 1.89 bits per heavy atom. The van der Waals surface area contributed by atoms with Crippen LogP contribution in [0.3, 0.4) is 0 Å². The minimum absolute atomic E-state index is 0.0135. The van der Waals surface area contributed by atoms with Gasteiger partial charge in [0.1, 0.15) is 0 Å². The average Bonchev–Trinajstić information content (AvgIpc) is 2.29. The Labute approximate surface area is 124 Å². The van der Waals surface area contributed by atoms with Crippen molar-refractivity contribution in [1.29, 1.82) is 0 Å². The predicted molar refractivity (Wildman–Crippen MR) is 78.9 cm³/mol. The van der Waals surface area contributed by atoms with Gasteiger partial charge in [0.05, 0.1) is 16.6 Å². The summed E-state index contributed by atoms with van der Waals surface area (Å²) < 4.78 is 0. The summed E-state index contributed by atoms with van der Waals surface area (Å²) in [5.74, 6) is -0.433. The van der Waals surface area contributed by atoms with Gasteiger partial charge in [-0.2, -0.15) is 0 Å². The first-order valence-corrected chi connectivity index (χ1v) is 6.97. The fraction of sp³-hybridized carbons (Fsp3) is 0.500. The molecule has 0 saturated carbocycles. The van der Waals surface area contributed by atoms with Crippen LogP contribution in [0.2, 0.25) is 10.0 Å². The minimum Gasteiger partial charge on any atom is -0.480 e. The van der Waals surface area contributed by atoms with E-state index in [1.165, 1.54) is 0 Å². The minimum atomic E-state index is -0.826. The van der Waals surface area contributed by atoms with Gasteiger partial charge in [0.25, 0.3) is 0 Å². The van der Waals surface area contributed by atoms with Crippen LogP contribution in [-0.2, 0) is 4.79 Å². The largest absolute Gasteiger partial charge is 0.480 e. The Bertz CT molecular complexity index is 449. The van der Waals surface area contributed by atoms with Crippen molar-refractivity contribution in [3.63, 3.8) is 0 Å². The standard InChI is InChI=1S/C14H19Cl2NO2/c1-9(2)7-17(8-14(18)19)10(3)11-4-5-12(15)13(16)6-11/h4-6,9-10H,7-8H2,1-3H3,(H,18,19). The zero-order chi connectivity index (χ0) is 14.6. The molecule has 1 aromatic rings. The van der Waals surface area contributed by atoms with E-state index in [9.17, 15) is 4.79 Å². The second-order valence-electron chi connectivity index (χ2n) is 5.07. The highest BCUT2D eigenvalue weighted by Crippen LogP contribution is 2.28. The molecule has 106 valence electrons. The summed E-state index contributed by atoms with van der Waals surface area (Å²) in [6.45, 7) is 6.84. The average molecular weight is 304 g/mol. The second-order valence-corrected chi connectivity index (χ2v) is 5.88. The molecule has 1 unspecified atom stereocenters. The topological polar surface area (TPSA) is 40.5 Å².